The summed E-state index contributed by atoms with van der Waals surface area (Å²) in [5.41, 5.74) is -0.176. The number of alkyl halides is 6. The van der Waals surface area contributed by atoms with E-state index in [9.17, 15) is 34.9 Å². The van der Waals surface area contributed by atoms with Crippen LogP contribution in [-0.2, 0) is 23.6 Å². The molecule has 0 saturated carbocycles. The number of hydrogen-bond acceptors (Lipinski definition) is 2. The zero-order chi connectivity index (χ0) is 24.4. The molecule has 1 unspecified atom stereocenters. The molecule has 33 heavy (non-hydrogen) atoms. The van der Waals surface area contributed by atoms with E-state index in [4.69, 9.17) is 4.74 Å². The van der Waals surface area contributed by atoms with E-state index in [1.807, 2.05) is 0 Å². The van der Waals surface area contributed by atoms with Gasteiger partial charge < -0.3 is 4.74 Å². The summed E-state index contributed by atoms with van der Waals surface area (Å²) < 4.78 is 109. The smallest absolute Gasteiger partial charge is 0.416 e. The van der Waals surface area contributed by atoms with E-state index in [-0.39, 0.29) is 33.9 Å². The summed E-state index contributed by atoms with van der Waals surface area (Å²) in [6.07, 6.45) is -9.13. The first kappa shape index (κ1) is 24.8. The molecule has 176 valence electrons. The van der Waals surface area contributed by atoms with Crippen LogP contribution in [0.5, 0.6) is 5.75 Å². The molecule has 0 aliphatic heterocycles. The van der Waals surface area contributed by atoms with Crippen molar-refractivity contribution in [3.63, 3.8) is 0 Å². The van der Waals surface area contributed by atoms with Gasteiger partial charge in [0.05, 0.1) is 16.4 Å². The van der Waals surface area contributed by atoms with Crippen LogP contribution in [-0.4, -0.2) is 16.1 Å². The zero-order valence-corrected chi connectivity index (χ0v) is 17.9. The molecule has 0 fully saturated rings. The minimum Gasteiger partial charge on any atom is -0.488 e. The summed E-state index contributed by atoms with van der Waals surface area (Å²) in [6.45, 7) is 1.24. The molecular formula is C23H17F7O2S. The highest BCUT2D eigenvalue weighted by atomic mass is 32.2. The first-order valence-corrected chi connectivity index (χ1v) is 10.8. The molecular weight excluding hydrogens is 473 g/mol. The standard InChI is InChI=1S/C23H17F7O2S/c1-14-10-19(24)18(11-21(14)33(31)13-22(25,26)27)17-4-2-3-5-20(17)32-12-15-6-8-16(9-7-15)23(28,29)30/h2-11H,12-13H2,1H3. The Morgan fingerprint density at radius 2 is 1.52 bits per heavy atom. The van der Waals surface area contributed by atoms with Gasteiger partial charge in [-0.25, -0.2) is 4.39 Å². The summed E-state index contributed by atoms with van der Waals surface area (Å²) in [5.74, 6) is -2.15. The minimum atomic E-state index is -4.66. The Morgan fingerprint density at radius 3 is 2.12 bits per heavy atom. The van der Waals surface area contributed by atoms with Gasteiger partial charge in [0.2, 0.25) is 0 Å². The molecule has 2 nitrogen and oxygen atoms in total. The van der Waals surface area contributed by atoms with E-state index in [1.54, 1.807) is 12.1 Å². The number of benzene rings is 3. The molecule has 0 bridgehead atoms. The second kappa shape index (κ2) is 9.54. The molecule has 0 aromatic heterocycles. The topological polar surface area (TPSA) is 26.3 Å². The highest BCUT2D eigenvalue weighted by molar-refractivity contribution is 7.85. The van der Waals surface area contributed by atoms with Crippen molar-refractivity contribution in [2.24, 2.45) is 0 Å². The van der Waals surface area contributed by atoms with E-state index in [0.29, 0.717) is 5.56 Å². The molecule has 0 aliphatic rings. The lowest BCUT2D eigenvalue weighted by molar-refractivity contribution is -0.137. The summed E-state index contributed by atoms with van der Waals surface area (Å²) in [6, 6.07) is 12.5. The van der Waals surface area contributed by atoms with Crippen LogP contribution in [0, 0.1) is 12.7 Å². The fraction of sp³-hybridized carbons (Fsp3) is 0.217. The summed E-state index contributed by atoms with van der Waals surface area (Å²) in [4.78, 5) is -0.152. The lowest BCUT2D eigenvalue weighted by Crippen LogP contribution is -2.19. The molecule has 0 amide bonds. The molecule has 3 rings (SSSR count). The van der Waals surface area contributed by atoms with E-state index in [0.717, 1.165) is 24.3 Å². The monoisotopic (exact) mass is 490 g/mol. The number of aryl methyl sites for hydroxylation is 1. The second-order valence-corrected chi connectivity index (χ2v) is 8.60. The van der Waals surface area contributed by atoms with Crippen LogP contribution in [0.1, 0.15) is 16.7 Å². The zero-order valence-electron chi connectivity index (χ0n) is 17.1. The number of halogens is 7. The Bertz CT molecular complexity index is 1150. The summed E-state index contributed by atoms with van der Waals surface area (Å²) in [7, 11) is -2.43. The van der Waals surface area contributed by atoms with Gasteiger partial charge in [0.25, 0.3) is 0 Å². The molecule has 0 saturated heterocycles. The van der Waals surface area contributed by atoms with Gasteiger partial charge in [-0.3, -0.25) is 4.21 Å². The van der Waals surface area contributed by atoms with Gasteiger partial charge in [-0.1, -0.05) is 30.3 Å². The van der Waals surface area contributed by atoms with Crippen molar-refractivity contribution in [1.29, 1.82) is 0 Å². The van der Waals surface area contributed by atoms with Gasteiger partial charge in [0.1, 0.15) is 23.9 Å². The lowest BCUT2D eigenvalue weighted by Gasteiger charge is -2.15. The van der Waals surface area contributed by atoms with E-state index in [1.165, 1.54) is 31.2 Å². The Kier molecular flexibility index (Phi) is 7.16. The third-order valence-electron chi connectivity index (χ3n) is 4.66. The molecule has 0 N–H and O–H groups in total. The van der Waals surface area contributed by atoms with Crippen LogP contribution in [0.4, 0.5) is 30.7 Å². The van der Waals surface area contributed by atoms with E-state index in [2.05, 4.69) is 0 Å². The number of para-hydroxylation sites is 1. The van der Waals surface area contributed by atoms with Crippen LogP contribution < -0.4 is 4.74 Å². The molecule has 3 aromatic carbocycles. The number of hydrogen-bond donors (Lipinski definition) is 0. The van der Waals surface area contributed by atoms with Crippen molar-refractivity contribution in [3.05, 3.63) is 83.2 Å². The first-order valence-electron chi connectivity index (χ1n) is 9.49. The quantitative estimate of drug-likeness (QED) is 0.346. The molecule has 3 aromatic rings. The number of ether oxygens (including phenoxy) is 1. The van der Waals surface area contributed by atoms with Crippen molar-refractivity contribution in [3.8, 4) is 16.9 Å². The Labute approximate surface area is 187 Å². The Morgan fingerprint density at radius 1 is 0.879 bits per heavy atom. The minimum absolute atomic E-state index is 0.103. The average Bonchev–Trinajstić information content (AvgIpc) is 2.71. The fourth-order valence-electron chi connectivity index (χ4n) is 3.10. The summed E-state index contributed by atoms with van der Waals surface area (Å²) in [5, 5.41) is 0. The molecule has 0 radical (unpaired) electrons. The molecule has 0 aliphatic carbocycles. The largest absolute Gasteiger partial charge is 0.488 e. The number of rotatable bonds is 6. The fourth-order valence-corrected chi connectivity index (χ4v) is 4.22. The van der Waals surface area contributed by atoms with Crippen molar-refractivity contribution >= 4 is 10.8 Å². The van der Waals surface area contributed by atoms with Gasteiger partial charge >= 0.3 is 12.4 Å². The van der Waals surface area contributed by atoms with Crippen molar-refractivity contribution in [2.75, 3.05) is 5.75 Å². The highest BCUT2D eigenvalue weighted by Gasteiger charge is 2.32. The predicted molar refractivity (Wildman–Crippen MR) is 110 cm³/mol. The van der Waals surface area contributed by atoms with Gasteiger partial charge in [-0.15, -0.1) is 0 Å². The third-order valence-corrected chi connectivity index (χ3v) is 6.18. The SMILES string of the molecule is Cc1cc(F)c(-c2ccccc2OCc2ccc(C(F)(F)F)cc2)cc1S(=O)CC(F)(F)F. The Balaban J connectivity index is 1.89. The van der Waals surface area contributed by atoms with Crippen molar-refractivity contribution < 1.29 is 39.7 Å². The van der Waals surface area contributed by atoms with Gasteiger partial charge in [-0.05, 0) is 48.4 Å². The predicted octanol–water partition coefficient (Wildman–Crippen LogP) is 7.07. The second-order valence-electron chi connectivity index (χ2n) is 7.18. The summed E-state index contributed by atoms with van der Waals surface area (Å²) >= 11 is 0. The average molecular weight is 490 g/mol. The van der Waals surface area contributed by atoms with Gasteiger partial charge in [-0.2, -0.15) is 26.3 Å². The normalized spacial score (nSPS) is 13.1. The first-order chi connectivity index (χ1) is 15.3. The maximum atomic E-state index is 14.7. The molecule has 0 heterocycles. The van der Waals surface area contributed by atoms with Crippen molar-refractivity contribution in [2.45, 2.75) is 30.8 Å². The molecule has 10 heteroatoms. The van der Waals surface area contributed by atoms with Gasteiger partial charge in [0.15, 0.2) is 0 Å². The molecule has 0 spiro atoms. The maximum absolute atomic E-state index is 14.7. The molecule has 1 atom stereocenters. The van der Waals surface area contributed by atoms with Crippen molar-refractivity contribution in [1.82, 2.24) is 0 Å². The Hall–Kier alpha value is -2.88. The van der Waals surface area contributed by atoms with Crippen LogP contribution in [0.2, 0.25) is 0 Å². The van der Waals surface area contributed by atoms with Crippen LogP contribution >= 0.6 is 0 Å². The van der Waals surface area contributed by atoms with Crippen LogP contribution in [0.3, 0.4) is 0 Å². The van der Waals surface area contributed by atoms with E-state index < -0.39 is 40.3 Å². The van der Waals surface area contributed by atoms with Gasteiger partial charge in [0, 0.05) is 16.0 Å². The maximum Gasteiger partial charge on any atom is 0.416 e. The third kappa shape index (κ3) is 6.34. The van der Waals surface area contributed by atoms with Crippen LogP contribution in [0.15, 0.2) is 65.6 Å². The van der Waals surface area contributed by atoms with E-state index >= 15 is 0 Å². The highest BCUT2D eigenvalue weighted by Crippen LogP contribution is 2.35. The van der Waals surface area contributed by atoms with Crippen LogP contribution in [0.25, 0.3) is 11.1 Å². The lowest BCUT2D eigenvalue weighted by atomic mass is 10.0.